The van der Waals surface area contributed by atoms with E-state index in [9.17, 15) is 14.4 Å². The molecule has 1 N–H and O–H groups in total. The molecule has 7 nitrogen and oxygen atoms in total. The predicted molar refractivity (Wildman–Crippen MR) is 62.0 cm³/mol. The van der Waals surface area contributed by atoms with Gasteiger partial charge in [-0.05, 0) is 13.6 Å². The summed E-state index contributed by atoms with van der Waals surface area (Å²) in [5.41, 5.74) is 0. The number of carbonyl (C=O) groups excluding carboxylic acids is 3. The quantitative estimate of drug-likeness (QED) is 0.693. The Labute approximate surface area is 102 Å². The Morgan fingerprint density at radius 2 is 1.18 bits per heavy atom. The molecule has 0 aliphatic carbocycles. The minimum Gasteiger partial charge on any atom is -0.458 e. The maximum atomic E-state index is 10.4. The average molecular weight is 265 g/mol. The molecule has 0 aromatic heterocycles. The van der Waals surface area contributed by atoms with Gasteiger partial charge in [-0.15, -0.1) is 0 Å². The largest absolute Gasteiger partial charge is 0.689 e. The summed E-state index contributed by atoms with van der Waals surface area (Å²) in [5.74, 6) is -1.96. The highest BCUT2D eigenvalue weighted by molar-refractivity contribution is 6.43. The highest BCUT2D eigenvalue weighted by Crippen LogP contribution is 1.94. The van der Waals surface area contributed by atoms with E-state index in [0.29, 0.717) is 0 Å². The fraction of sp³-hybridized carbons (Fsp3) is 0.667. The van der Waals surface area contributed by atoms with Crippen molar-refractivity contribution in [1.29, 1.82) is 0 Å². The SMILES string of the molecule is CC(=O)O[SiH](OC(C)=O)OC(C)=O.CCNC. The van der Waals surface area contributed by atoms with Gasteiger partial charge >= 0.3 is 9.53 Å². The second-order valence-electron chi connectivity index (χ2n) is 2.82. The molecule has 17 heavy (non-hydrogen) atoms. The van der Waals surface area contributed by atoms with Gasteiger partial charge in [-0.2, -0.15) is 0 Å². The molecule has 0 aliphatic rings. The standard InChI is InChI=1S/C6H10O6Si.C3H9N/c1-4(7)10-13(11-5(2)8)12-6(3)9;1-3-4-2/h13H,1-3H3;4H,3H2,1-2H3. The molecule has 0 aliphatic heterocycles. The van der Waals surface area contributed by atoms with Crippen molar-refractivity contribution in [3.05, 3.63) is 0 Å². The van der Waals surface area contributed by atoms with Gasteiger partial charge in [0, 0.05) is 20.8 Å². The van der Waals surface area contributed by atoms with E-state index in [-0.39, 0.29) is 0 Å². The van der Waals surface area contributed by atoms with Gasteiger partial charge in [0.15, 0.2) is 0 Å². The second kappa shape index (κ2) is 11.1. The lowest BCUT2D eigenvalue weighted by molar-refractivity contribution is -0.144. The van der Waals surface area contributed by atoms with E-state index in [1.807, 2.05) is 7.05 Å². The van der Waals surface area contributed by atoms with Crippen LogP contribution in [0.1, 0.15) is 27.7 Å². The van der Waals surface area contributed by atoms with Crippen molar-refractivity contribution in [1.82, 2.24) is 5.32 Å². The fourth-order valence-electron chi connectivity index (χ4n) is 0.479. The number of hydrogen-bond acceptors (Lipinski definition) is 7. The third kappa shape index (κ3) is 17.2. The Balaban J connectivity index is 0. The minimum absolute atomic E-state index is 0.654. The van der Waals surface area contributed by atoms with E-state index >= 15 is 0 Å². The summed E-state index contributed by atoms with van der Waals surface area (Å²) in [6, 6.07) is 0. The lowest BCUT2D eigenvalue weighted by Crippen LogP contribution is -2.32. The molecule has 8 heteroatoms. The molecular weight excluding hydrogens is 246 g/mol. The predicted octanol–water partition coefficient (Wildman–Crippen LogP) is -0.381. The molecule has 0 unspecified atom stereocenters. The van der Waals surface area contributed by atoms with Crippen LogP contribution in [-0.2, 0) is 27.7 Å². The summed E-state index contributed by atoms with van der Waals surface area (Å²) in [4.78, 5) is 31.3. The monoisotopic (exact) mass is 265 g/mol. The topological polar surface area (TPSA) is 90.9 Å². The minimum atomic E-state index is -2.96. The van der Waals surface area contributed by atoms with Gasteiger partial charge in [0.2, 0.25) is 0 Å². The van der Waals surface area contributed by atoms with Gasteiger partial charge < -0.3 is 18.6 Å². The van der Waals surface area contributed by atoms with Crippen LogP contribution < -0.4 is 5.32 Å². The third-order valence-electron chi connectivity index (χ3n) is 1.14. The molecule has 0 bridgehead atoms. The first-order valence-electron chi connectivity index (χ1n) is 4.99. The van der Waals surface area contributed by atoms with Crippen molar-refractivity contribution < 1.29 is 27.7 Å². The highest BCUT2D eigenvalue weighted by atomic mass is 28.3. The first-order chi connectivity index (χ1) is 7.83. The lowest BCUT2D eigenvalue weighted by atomic mass is 10.8. The van der Waals surface area contributed by atoms with Crippen molar-refractivity contribution >= 4 is 27.4 Å². The van der Waals surface area contributed by atoms with E-state index < -0.39 is 27.4 Å². The molecule has 0 spiro atoms. The van der Waals surface area contributed by atoms with Gasteiger partial charge in [-0.25, -0.2) is 0 Å². The van der Waals surface area contributed by atoms with Crippen LogP contribution in [0.4, 0.5) is 0 Å². The van der Waals surface area contributed by atoms with E-state index in [1.165, 1.54) is 0 Å². The van der Waals surface area contributed by atoms with E-state index in [0.717, 1.165) is 27.3 Å². The third-order valence-corrected chi connectivity index (χ3v) is 2.71. The van der Waals surface area contributed by atoms with Crippen LogP contribution in [0.2, 0.25) is 0 Å². The van der Waals surface area contributed by atoms with Crippen molar-refractivity contribution in [2.75, 3.05) is 13.6 Å². The van der Waals surface area contributed by atoms with Crippen LogP contribution in [-0.4, -0.2) is 41.0 Å². The zero-order valence-electron chi connectivity index (χ0n) is 10.7. The first kappa shape index (κ1) is 18.0. The van der Waals surface area contributed by atoms with Crippen molar-refractivity contribution in [2.45, 2.75) is 27.7 Å². The average Bonchev–Trinajstić information content (AvgIpc) is 2.14. The van der Waals surface area contributed by atoms with E-state index in [2.05, 4.69) is 25.5 Å². The maximum absolute atomic E-state index is 10.4. The van der Waals surface area contributed by atoms with E-state index in [1.54, 1.807) is 0 Å². The molecule has 0 fully saturated rings. The molecule has 0 amide bonds. The van der Waals surface area contributed by atoms with Gasteiger partial charge in [-0.3, -0.25) is 14.4 Å². The Morgan fingerprint density at radius 1 is 0.941 bits per heavy atom. The zero-order valence-corrected chi connectivity index (χ0v) is 11.9. The Morgan fingerprint density at radius 3 is 1.29 bits per heavy atom. The van der Waals surface area contributed by atoms with E-state index in [4.69, 9.17) is 0 Å². The number of nitrogens with one attached hydrogen (secondary N) is 1. The molecule has 0 aromatic rings. The summed E-state index contributed by atoms with van der Waals surface area (Å²) < 4.78 is 13.5. The Hall–Kier alpha value is -1.41. The Kier molecular flexibility index (Phi) is 11.7. The van der Waals surface area contributed by atoms with Crippen LogP contribution >= 0.6 is 0 Å². The summed E-state index contributed by atoms with van der Waals surface area (Å²) in [6.45, 7) is 6.53. The van der Waals surface area contributed by atoms with Gasteiger partial charge in [0.05, 0.1) is 0 Å². The number of carbonyl (C=O) groups is 3. The normalized spacial score (nSPS) is 8.82. The summed E-state index contributed by atoms with van der Waals surface area (Å²) >= 11 is 0. The van der Waals surface area contributed by atoms with Crippen molar-refractivity contribution in [3.63, 3.8) is 0 Å². The fourth-order valence-corrected chi connectivity index (χ4v) is 1.44. The van der Waals surface area contributed by atoms with Crippen LogP contribution in [0.3, 0.4) is 0 Å². The number of rotatable bonds is 4. The Bertz CT molecular complexity index is 218. The summed E-state index contributed by atoms with van der Waals surface area (Å²) in [6.07, 6.45) is 0. The van der Waals surface area contributed by atoms with Crippen LogP contribution in [0.15, 0.2) is 0 Å². The smallest absolute Gasteiger partial charge is 0.458 e. The number of hydrogen-bond donors (Lipinski definition) is 1. The van der Waals surface area contributed by atoms with Gasteiger partial charge in [-0.1, -0.05) is 6.92 Å². The van der Waals surface area contributed by atoms with Crippen LogP contribution in [0.5, 0.6) is 0 Å². The molecule has 100 valence electrons. The van der Waals surface area contributed by atoms with Gasteiger partial charge in [0.1, 0.15) is 0 Å². The van der Waals surface area contributed by atoms with Crippen molar-refractivity contribution in [3.8, 4) is 0 Å². The van der Waals surface area contributed by atoms with Crippen molar-refractivity contribution in [2.24, 2.45) is 0 Å². The highest BCUT2D eigenvalue weighted by Gasteiger charge is 2.25. The molecule has 0 aromatic carbocycles. The first-order valence-corrected chi connectivity index (χ1v) is 6.41. The van der Waals surface area contributed by atoms with Crippen LogP contribution in [0, 0.1) is 0 Å². The molecule has 0 radical (unpaired) electrons. The zero-order chi connectivity index (χ0) is 13.8. The maximum Gasteiger partial charge on any atom is 0.689 e. The molecule has 0 atom stereocenters. The summed E-state index contributed by atoms with van der Waals surface area (Å²) in [5, 5.41) is 2.93. The molecule has 0 heterocycles. The van der Waals surface area contributed by atoms with Gasteiger partial charge in [0.25, 0.3) is 17.9 Å². The summed E-state index contributed by atoms with van der Waals surface area (Å²) in [7, 11) is -1.03. The molecule has 0 saturated carbocycles. The lowest BCUT2D eigenvalue weighted by Gasteiger charge is -2.12. The van der Waals surface area contributed by atoms with Crippen LogP contribution in [0.25, 0.3) is 0 Å². The second-order valence-corrected chi connectivity index (χ2v) is 4.11. The molecule has 0 rings (SSSR count). The molecule has 0 saturated heterocycles. The molecular formula is C9H19NO6Si.